The minimum atomic E-state index is 0.559. The Balaban J connectivity index is 2.14. The molecule has 0 spiro atoms. The lowest BCUT2D eigenvalue weighted by molar-refractivity contribution is 0.502. The van der Waals surface area contributed by atoms with Crippen molar-refractivity contribution in [1.29, 1.82) is 0 Å². The average molecular weight is 287 g/mol. The van der Waals surface area contributed by atoms with E-state index in [9.17, 15) is 0 Å². The van der Waals surface area contributed by atoms with Gasteiger partial charge in [-0.3, -0.25) is 0 Å². The van der Waals surface area contributed by atoms with Crippen LogP contribution >= 0.6 is 23.2 Å². The molecular formula is C14H20Cl2N2. The molecule has 1 unspecified atom stereocenters. The lowest BCUT2D eigenvalue weighted by Gasteiger charge is -2.27. The Morgan fingerprint density at radius 1 is 1.39 bits per heavy atom. The molecular weight excluding hydrogens is 267 g/mol. The zero-order valence-corrected chi connectivity index (χ0v) is 12.3. The van der Waals surface area contributed by atoms with Crippen LogP contribution in [0.3, 0.4) is 0 Å². The van der Waals surface area contributed by atoms with Crippen LogP contribution in [0.25, 0.3) is 0 Å². The first-order valence-electron chi connectivity index (χ1n) is 6.64. The Hall–Kier alpha value is -0.440. The predicted octanol–water partition coefficient (Wildman–Crippen LogP) is 3.96. The molecule has 1 aliphatic rings. The summed E-state index contributed by atoms with van der Waals surface area (Å²) in [6, 6.07) is 6.32. The quantitative estimate of drug-likeness (QED) is 0.905. The van der Waals surface area contributed by atoms with Crippen molar-refractivity contribution in [2.75, 3.05) is 24.5 Å². The highest BCUT2D eigenvalue weighted by Crippen LogP contribution is 2.29. The van der Waals surface area contributed by atoms with Gasteiger partial charge in [0.2, 0.25) is 0 Å². The molecule has 0 aliphatic carbocycles. The van der Waals surface area contributed by atoms with Crippen molar-refractivity contribution in [1.82, 2.24) is 5.32 Å². The molecule has 0 aromatic heterocycles. The number of anilines is 1. The summed E-state index contributed by atoms with van der Waals surface area (Å²) in [6.07, 6.45) is 3.57. The van der Waals surface area contributed by atoms with E-state index in [2.05, 4.69) is 17.1 Å². The summed E-state index contributed by atoms with van der Waals surface area (Å²) in [5, 5.41) is 5.05. The van der Waals surface area contributed by atoms with Crippen molar-refractivity contribution in [3.63, 3.8) is 0 Å². The number of hydrogen-bond acceptors (Lipinski definition) is 2. The Morgan fingerprint density at radius 3 is 2.94 bits per heavy atom. The predicted molar refractivity (Wildman–Crippen MR) is 80.0 cm³/mol. The number of rotatable bonds is 3. The highest BCUT2D eigenvalue weighted by atomic mass is 35.5. The molecule has 1 N–H and O–H groups in total. The fraction of sp³-hybridized carbons (Fsp3) is 0.571. The van der Waals surface area contributed by atoms with Gasteiger partial charge in [0.05, 0.1) is 10.7 Å². The largest absolute Gasteiger partial charge is 0.369 e. The van der Waals surface area contributed by atoms with Gasteiger partial charge in [0.1, 0.15) is 0 Å². The SMILES string of the molecule is CCCC1CN(c2ccc(Cl)cc2Cl)CCCN1. The summed E-state index contributed by atoms with van der Waals surface area (Å²) >= 11 is 12.2. The molecule has 0 amide bonds. The summed E-state index contributed by atoms with van der Waals surface area (Å²) in [4.78, 5) is 2.37. The number of nitrogens with one attached hydrogen (secondary N) is 1. The van der Waals surface area contributed by atoms with E-state index >= 15 is 0 Å². The van der Waals surface area contributed by atoms with Crippen molar-refractivity contribution in [2.45, 2.75) is 32.2 Å². The summed E-state index contributed by atoms with van der Waals surface area (Å²) in [5.41, 5.74) is 1.10. The van der Waals surface area contributed by atoms with Gasteiger partial charge in [-0.2, -0.15) is 0 Å². The Kier molecular flexibility index (Phi) is 5.16. The topological polar surface area (TPSA) is 15.3 Å². The smallest absolute Gasteiger partial charge is 0.0654 e. The van der Waals surface area contributed by atoms with E-state index in [0.29, 0.717) is 11.1 Å². The van der Waals surface area contributed by atoms with E-state index in [4.69, 9.17) is 23.2 Å². The van der Waals surface area contributed by atoms with Crippen LogP contribution in [0, 0.1) is 0 Å². The first-order chi connectivity index (χ1) is 8.70. The van der Waals surface area contributed by atoms with Crippen LogP contribution in [0.1, 0.15) is 26.2 Å². The molecule has 18 heavy (non-hydrogen) atoms. The molecule has 1 atom stereocenters. The van der Waals surface area contributed by atoms with E-state index in [1.54, 1.807) is 0 Å². The van der Waals surface area contributed by atoms with Gasteiger partial charge in [-0.15, -0.1) is 0 Å². The molecule has 2 rings (SSSR count). The van der Waals surface area contributed by atoms with E-state index in [-0.39, 0.29) is 0 Å². The highest BCUT2D eigenvalue weighted by molar-refractivity contribution is 6.36. The van der Waals surface area contributed by atoms with Crippen LogP contribution in [0.2, 0.25) is 10.0 Å². The summed E-state index contributed by atoms with van der Waals surface area (Å²) in [7, 11) is 0. The minimum absolute atomic E-state index is 0.559. The summed E-state index contributed by atoms with van der Waals surface area (Å²) < 4.78 is 0. The maximum absolute atomic E-state index is 6.29. The van der Waals surface area contributed by atoms with Gasteiger partial charge < -0.3 is 10.2 Å². The second-order valence-corrected chi connectivity index (χ2v) is 5.68. The Labute approximate surface area is 119 Å². The van der Waals surface area contributed by atoms with Crippen molar-refractivity contribution in [2.24, 2.45) is 0 Å². The monoisotopic (exact) mass is 286 g/mol. The van der Waals surface area contributed by atoms with Gasteiger partial charge in [-0.1, -0.05) is 36.5 Å². The van der Waals surface area contributed by atoms with Crippen LogP contribution in [0.4, 0.5) is 5.69 Å². The minimum Gasteiger partial charge on any atom is -0.369 e. The molecule has 1 saturated heterocycles. The van der Waals surface area contributed by atoms with Gasteiger partial charge in [-0.05, 0) is 37.6 Å². The van der Waals surface area contributed by atoms with Gasteiger partial charge in [0, 0.05) is 24.2 Å². The van der Waals surface area contributed by atoms with E-state index in [0.717, 1.165) is 36.8 Å². The van der Waals surface area contributed by atoms with E-state index < -0.39 is 0 Å². The molecule has 4 heteroatoms. The molecule has 1 heterocycles. The molecule has 0 bridgehead atoms. The van der Waals surface area contributed by atoms with Crippen LogP contribution in [-0.4, -0.2) is 25.7 Å². The zero-order valence-electron chi connectivity index (χ0n) is 10.8. The molecule has 100 valence electrons. The molecule has 2 nitrogen and oxygen atoms in total. The number of halogens is 2. The lowest BCUT2D eigenvalue weighted by Crippen LogP contribution is -2.37. The third kappa shape index (κ3) is 3.53. The second kappa shape index (κ2) is 6.65. The molecule has 1 fully saturated rings. The Morgan fingerprint density at radius 2 is 2.22 bits per heavy atom. The molecule has 0 saturated carbocycles. The van der Waals surface area contributed by atoms with Gasteiger partial charge in [0.25, 0.3) is 0 Å². The summed E-state index contributed by atoms with van der Waals surface area (Å²) in [5.74, 6) is 0. The van der Waals surface area contributed by atoms with Crippen molar-refractivity contribution in [3.8, 4) is 0 Å². The van der Waals surface area contributed by atoms with Gasteiger partial charge in [-0.25, -0.2) is 0 Å². The van der Waals surface area contributed by atoms with Crippen molar-refractivity contribution in [3.05, 3.63) is 28.2 Å². The first-order valence-corrected chi connectivity index (χ1v) is 7.39. The standard InChI is InChI=1S/C14H20Cl2N2/c1-2-4-12-10-18(8-3-7-17-12)14-6-5-11(15)9-13(14)16/h5-6,9,12,17H,2-4,7-8,10H2,1H3. The van der Waals surface area contributed by atoms with Crippen LogP contribution in [0.5, 0.6) is 0 Å². The third-order valence-corrected chi connectivity index (χ3v) is 3.90. The van der Waals surface area contributed by atoms with Gasteiger partial charge in [0.15, 0.2) is 0 Å². The normalized spacial score (nSPS) is 20.8. The highest BCUT2D eigenvalue weighted by Gasteiger charge is 2.18. The lowest BCUT2D eigenvalue weighted by atomic mass is 10.1. The molecule has 1 aliphatic heterocycles. The molecule has 0 radical (unpaired) electrons. The molecule has 1 aromatic rings. The zero-order chi connectivity index (χ0) is 13.0. The average Bonchev–Trinajstić information content (AvgIpc) is 2.55. The van der Waals surface area contributed by atoms with E-state index in [1.165, 1.54) is 12.8 Å². The third-order valence-electron chi connectivity index (χ3n) is 3.37. The second-order valence-electron chi connectivity index (χ2n) is 4.84. The van der Waals surface area contributed by atoms with Gasteiger partial charge >= 0.3 is 0 Å². The van der Waals surface area contributed by atoms with Crippen LogP contribution in [-0.2, 0) is 0 Å². The fourth-order valence-corrected chi connectivity index (χ4v) is 3.02. The number of nitrogens with zero attached hydrogens (tertiary/aromatic N) is 1. The Bertz CT molecular complexity index is 395. The van der Waals surface area contributed by atoms with Crippen LogP contribution < -0.4 is 10.2 Å². The number of benzene rings is 1. The number of hydrogen-bond donors (Lipinski definition) is 1. The fourth-order valence-electron chi connectivity index (χ4n) is 2.50. The first kappa shape index (κ1) is 14.0. The molecule has 1 aromatic carbocycles. The maximum atomic E-state index is 6.29. The maximum Gasteiger partial charge on any atom is 0.0654 e. The van der Waals surface area contributed by atoms with Crippen molar-refractivity contribution < 1.29 is 0 Å². The van der Waals surface area contributed by atoms with Crippen LogP contribution in [0.15, 0.2) is 18.2 Å². The van der Waals surface area contributed by atoms with E-state index in [1.807, 2.05) is 18.2 Å². The van der Waals surface area contributed by atoms with Crippen molar-refractivity contribution >= 4 is 28.9 Å². The summed E-state index contributed by atoms with van der Waals surface area (Å²) in [6.45, 7) is 5.39.